The van der Waals surface area contributed by atoms with E-state index in [1.54, 1.807) is 0 Å². The number of rotatable bonds is 3. The molecule has 0 saturated heterocycles. The van der Waals surface area contributed by atoms with E-state index in [-0.39, 0.29) is 5.92 Å². The summed E-state index contributed by atoms with van der Waals surface area (Å²) in [7, 11) is 4.16. The summed E-state index contributed by atoms with van der Waals surface area (Å²) in [4.78, 5) is 2.16. The van der Waals surface area contributed by atoms with Crippen LogP contribution in [0.15, 0.2) is 54.6 Å². The van der Waals surface area contributed by atoms with E-state index in [0.717, 1.165) is 11.6 Å². The van der Waals surface area contributed by atoms with Gasteiger partial charge in [0.05, 0.1) is 0 Å². The van der Waals surface area contributed by atoms with Crippen LogP contribution in [0, 0.1) is 0 Å². The number of hydrogen-bond acceptors (Lipinski definition) is 1. The van der Waals surface area contributed by atoms with Gasteiger partial charge in [0.2, 0.25) is 0 Å². The van der Waals surface area contributed by atoms with Crippen LogP contribution >= 0.6 is 11.6 Å². The summed E-state index contributed by atoms with van der Waals surface area (Å²) in [6.07, 6.45) is 8.91. The molecule has 2 heteroatoms. The molecule has 0 N–H and O–H groups in total. The molecule has 3 rings (SSSR count). The van der Waals surface area contributed by atoms with Gasteiger partial charge in [-0.2, -0.15) is 0 Å². The molecule has 2 aromatic rings. The lowest BCUT2D eigenvalue weighted by Crippen LogP contribution is -2.11. The van der Waals surface area contributed by atoms with E-state index < -0.39 is 0 Å². The van der Waals surface area contributed by atoms with Gasteiger partial charge in [0.15, 0.2) is 0 Å². The first kappa shape index (κ1) is 15.1. The molecule has 0 heterocycles. The number of nitrogens with zero attached hydrogens (tertiary/aromatic N) is 1. The normalized spacial score (nSPS) is 16.6. The van der Waals surface area contributed by atoms with Crippen LogP contribution in [0.5, 0.6) is 0 Å². The molecule has 1 aliphatic rings. The number of likely N-dealkylation sites (N-methyl/N-ethyl adjacent to an activating group) is 1. The summed E-state index contributed by atoms with van der Waals surface area (Å²) < 4.78 is 0. The minimum Gasteiger partial charge on any atom is -0.306 e. The maximum absolute atomic E-state index is 6.25. The second-order valence-electron chi connectivity index (χ2n) is 5.90. The predicted molar refractivity (Wildman–Crippen MR) is 96.4 cm³/mol. The largest absolute Gasteiger partial charge is 0.306 e. The second-order valence-corrected chi connectivity index (χ2v) is 6.34. The summed E-state index contributed by atoms with van der Waals surface area (Å²) in [5.41, 5.74) is 5.10. The zero-order valence-corrected chi connectivity index (χ0v) is 13.7. The van der Waals surface area contributed by atoms with Crippen molar-refractivity contribution in [3.63, 3.8) is 0 Å². The van der Waals surface area contributed by atoms with Crippen molar-refractivity contribution in [1.82, 2.24) is 4.90 Å². The average Bonchev–Trinajstić information content (AvgIpc) is 2.65. The van der Waals surface area contributed by atoms with Gasteiger partial charge in [-0.15, -0.1) is 0 Å². The minimum atomic E-state index is 0.236. The van der Waals surface area contributed by atoms with E-state index >= 15 is 0 Å². The zero-order valence-electron chi connectivity index (χ0n) is 13.0. The standard InChI is InChI=1S/C20H20ClN/c1-22(2)13-5-8-19-18-7-4-3-6-15(18)9-10-16-11-12-17(21)14-20(16)19/h3-12,14,19H,13H2,1-2H3. The number of allylic oxidation sites excluding steroid dienone is 1. The third-order valence-corrected chi connectivity index (χ3v) is 4.19. The Labute approximate surface area is 137 Å². The topological polar surface area (TPSA) is 3.24 Å². The van der Waals surface area contributed by atoms with Crippen LogP contribution < -0.4 is 0 Å². The van der Waals surface area contributed by atoms with Gasteiger partial charge in [-0.3, -0.25) is 0 Å². The lowest BCUT2D eigenvalue weighted by Gasteiger charge is -2.17. The molecule has 0 fully saturated rings. The maximum atomic E-state index is 6.25. The van der Waals surface area contributed by atoms with Crippen molar-refractivity contribution in [2.75, 3.05) is 20.6 Å². The van der Waals surface area contributed by atoms with Crippen LogP contribution in [0.2, 0.25) is 5.02 Å². The molecule has 2 aromatic carbocycles. The highest BCUT2D eigenvalue weighted by atomic mass is 35.5. The molecular formula is C20H20ClN. The summed E-state index contributed by atoms with van der Waals surface area (Å²) in [5, 5.41) is 0.789. The highest BCUT2D eigenvalue weighted by molar-refractivity contribution is 6.30. The van der Waals surface area contributed by atoms with Crippen molar-refractivity contribution in [2.24, 2.45) is 0 Å². The quantitative estimate of drug-likeness (QED) is 0.715. The van der Waals surface area contributed by atoms with E-state index in [0.29, 0.717) is 0 Å². The Morgan fingerprint density at radius 2 is 1.73 bits per heavy atom. The van der Waals surface area contributed by atoms with Crippen LogP contribution in [0.4, 0.5) is 0 Å². The molecular weight excluding hydrogens is 290 g/mol. The minimum absolute atomic E-state index is 0.236. The molecule has 1 aliphatic carbocycles. The summed E-state index contributed by atoms with van der Waals surface area (Å²) >= 11 is 6.25. The molecule has 1 nitrogen and oxygen atoms in total. The molecule has 112 valence electrons. The Morgan fingerprint density at radius 1 is 1.00 bits per heavy atom. The smallest absolute Gasteiger partial charge is 0.0409 e. The molecule has 0 radical (unpaired) electrons. The van der Waals surface area contributed by atoms with E-state index in [9.17, 15) is 0 Å². The highest BCUT2D eigenvalue weighted by Gasteiger charge is 2.19. The Kier molecular flexibility index (Phi) is 4.47. The third-order valence-electron chi connectivity index (χ3n) is 3.96. The van der Waals surface area contributed by atoms with Gasteiger partial charge in [-0.1, -0.05) is 66.2 Å². The van der Waals surface area contributed by atoms with Gasteiger partial charge in [0.25, 0.3) is 0 Å². The van der Waals surface area contributed by atoms with Crippen molar-refractivity contribution in [1.29, 1.82) is 0 Å². The Hall–Kier alpha value is -1.83. The van der Waals surface area contributed by atoms with E-state index in [4.69, 9.17) is 11.6 Å². The van der Waals surface area contributed by atoms with Crippen molar-refractivity contribution in [2.45, 2.75) is 5.92 Å². The fourth-order valence-corrected chi connectivity index (χ4v) is 3.06. The molecule has 22 heavy (non-hydrogen) atoms. The molecule has 0 aliphatic heterocycles. The molecule has 0 bridgehead atoms. The van der Waals surface area contributed by atoms with Gasteiger partial charge in [0.1, 0.15) is 0 Å². The average molecular weight is 310 g/mol. The maximum Gasteiger partial charge on any atom is 0.0409 e. The van der Waals surface area contributed by atoms with Gasteiger partial charge in [0, 0.05) is 17.5 Å². The molecule has 0 saturated carbocycles. The van der Waals surface area contributed by atoms with Crippen LogP contribution in [-0.2, 0) is 0 Å². The first-order chi connectivity index (χ1) is 10.6. The van der Waals surface area contributed by atoms with Gasteiger partial charge >= 0.3 is 0 Å². The predicted octanol–water partition coefficient (Wildman–Crippen LogP) is 5.07. The molecule has 0 spiro atoms. The van der Waals surface area contributed by atoms with E-state index in [2.05, 4.69) is 79.7 Å². The first-order valence-electron chi connectivity index (χ1n) is 7.53. The van der Waals surface area contributed by atoms with Crippen LogP contribution in [0.3, 0.4) is 0 Å². The summed E-state index contributed by atoms with van der Waals surface area (Å²) in [6, 6.07) is 14.7. The van der Waals surface area contributed by atoms with Crippen LogP contribution in [0.1, 0.15) is 28.2 Å². The molecule has 1 atom stereocenters. The Bertz CT molecular complexity index is 728. The van der Waals surface area contributed by atoms with Crippen molar-refractivity contribution in [3.8, 4) is 0 Å². The zero-order chi connectivity index (χ0) is 15.5. The fraction of sp³-hybridized carbons (Fsp3) is 0.200. The van der Waals surface area contributed by atoms with Gasteiger partial charge in [-0.25, -0.2) is 0 Å². The number of halogens is 1. The van der Waals surface area contributed by atoms with Gasteiger partial charge < -0.3 is 4.90 Å². The van der Waals surface area contributed by atoms with Crippen molar-refractivity contribution < 1.29 is 0 Å². The highest BCUT2D eigenvalue weighted by Crippen LogP contribution is 2.36. The van der Waals surface area contributed by atoms with Gasteiger partial charge in [-0.05, 0) is 48.5 Å². The Balaban J connectivity index is 2.11. The number of fused-ring (bicyclic) bond motifs is 2. The van der Waals surface area contributed by atoms with Crippen LogP contribution in [-0.4, -0.2) is 25.5 Å². The number of benzene rings is 2. The molecule has 0 amide bonds. The van der Waals surface area contributed by atoms with Crippen molar-refractivity contribution >= 4 is 23.8 Å². The summed E-state index contributed by atoms with van der Waals surface area (Å²) in [5.74, 6) is 0.236. The fourth-order valence-electron chi connectivity index (χ4n) is 2.87. The Morgan fingerprint density at radius 3 is 2.50 bits per heavy atom. The van der Waals surface area contributed by atoms with E-state index in [1.165, 1.54) is 22.3 Å². The molecule has 0 aromatic heterocycles. The second kappa shape index (κ2) is 6.51. The lowest BCUT2D eigenvalue weighted by molar-refractivity contribution is 0.456. The van der Waals surface area contributed by atoms with Crippen LogP contribution in [0.25, 0.3) is 12.2 Å². The SMILES string of the molecule is CN(C)CC=CC1c2ccccc2C=Cc2ccc(Cl)cc21. The monoisotopic (exact) mass is 309 g/mol. The lowest BCUT2D eigenvalue weighted by atomic mass is 9.87. The number of hydrogen-bond donors (Lipinski definition) is 0. The van der Waals surface area contributed by atoms with E-state index in [1.807, 2.05) is 6.07 Å². The first-order valence-corrected chi connectivity index (χ1v) is 7.91. The summed E-state index contributed by atoms with van der Waals surface area (Å²) in [6.45, 7) is 0.933. The van der Waals surface area contributed by atoms with Crippen molar-refractivity contribution in [3.05, 3.63) is 81.9 Å². The third kappa shape index (κ3) is 3.16. The molecule has 1 unspecified atom stereocenters.